The molecule has 5 heteroatoms. The number of fused-ring (bicyclic) bond motifs is 1. The zero-order valence-electron chi connectivity index (χ0n) is 9.84. The molecule has 0 aromatic carbocycles. The van der Waals surface area contributed by atoms with E-state index in [-0.39, 0.29) is 0 Å². The Hall–Kier alpha value is -1.49. The van der Waals surface area contributed by atoms with Crippen LogP contribution < -0.4 is 5.32 Å². The molecule has 0 amide bonds. The standard InChI is InChI=1S/C12H17N5/c1-2-10(8-13-6-1)3-4-11-15-16-12-5-7-14-9-17(11)12/h5,7,9-10,13H,1-4,6,8H2. The van der Waals surface area contributed by atoms with Crippen LogP contribution in [-0.2, 0) is 6.42 Å². The fraction of sp³-hybridized carbons (Fsp3) is 0.583. The molecule has 3 heterocycles. The number of rotatable bonds is 3. The number of nitrogens with one attached hydrogen (secondary N) is 1. The maximum Gasteiger partial charge on any atom is 0.163 e. The van der Waals surface area contributed by atoms with E-state index in [4.69, 9.17) is 0 Å². The van der Waals surface area contributed by atoms with E-state index >= 15 is 0 Å². The predicted octanol–water partition coefficient (Wildman–Crippen LogP) is 1.06. The molecular formula is C12H17N5. The van der Waals surface area contributed by atoms with E-state index in [0.717, 1.165) is 30.4 Å². The van der Waals surface area contributed by atoms with Crippen molar-refractivity contribution in [2.75, 3.05) is 13.1 Å². The highest BCUT2D eigenvalue weighted by Gasteiger charge is 2.14. The van der Waals surface area contributed by atoms with Gasteiger partial charge in [0.25, 0.3) is 0 Å². The molecule has 1 aliphatic heterocycles. The summed E-state index contributed by atoms with van der Waals surface area (Å²) in [6.45, 7) is 2.32. The van der Waals surface area contributed by atoms with Crippen LogP contribution in [0.2, 0.25) is 0 Å². The summed E-state index contributed by atoms with van der Waals surface area (Å²) in [5.74, 6) is 1.81. The lowest BCUT2D eigenvalue weighted by atomic mass is 9.94. The van der Waals surface area contributed by atoms with E-state index in [9.17, 15) is 0 Å². The molecule has 3 rings (SSSR count). The van der Waals surface area contributed by atoms with Gasteiger partial charge in [-0.1, -0.05) is 0 Å². The Bertz CT molecular complexity index is 486. The normalized spacial score (nSPS) is 20.8. The van der Waals surface area contributed by atoms with Crippen molar-refractivity contribution >= 4 is 5.65 Å². The van der Waals surface area contributed by atoms with Gasteiger partial charge in [0, 0.05) is 18.7 Å². The number of aryl methyl sites for hydroxylation is 1. The number of hydrogen-bond acceptors (Lipinski definition) is 4. The molecular weight excluding hydrogens is 214 g/mol. The molecule has 1 fully saturated rings. The van der Waals surface area contributed by atoms with Gasteiger partial charge >= 0.3 is 0 Å². The second-order valence-corrected chi connectivity index (χ2v) is 4.68. The van der Waals surface area contributed by atoms with E-state index in [1.165, 1.54) is 25.8 Å². The molecule has 1 N–H and O–H groups in total. The fourth-order valence-corrected chi connectivity index (χ4v) is 2.47. The molecule has 17 heavy (non-hydrogen) atoms. The minimum atomic E-state index is 0.785. The Morgan fingerprint density at radius 2 is 2.41 bits per heavy atom. The topological polar surface area (TPSA) is 55.1 Å². The molecule has 1 aliphatic rings. The molecule has 0 radical (unpaired) electrons. The first-order chi connectivity index (χ1) is 8.43. The Balaban J connectivity index is 1.68. The quantitative estimate of drug-likeness (QED) is 0.858. The largest absolute Gasteiger partial charge is 0.316 e. The van der Waals surface area contributed by atoms with E-state index < -0.39 is 0 Å². The zero-order chi connectivity index (χ0) is 11.5. The molecule has 5 nitrogen and oxygen atoms in total. The maximum atomic E-state index is 4.23. The van der Waals surface area contributed by atoms with E-state index in [1.54, 1.807) is 12.5 Å². The van der Waals surface area contributed by atoms with Gasteiger partial charge in [-0.25, -0.2) is 4.98 Å². The molecule has 0 bridgehead atoms. The van der Waals surface area contributed by atoms with Crippen molar-refractivity contribution in [2.24, 2.45) is 5.92 Å². The Kier molecular flexibility index (Phi) is 3.00. The van der Waals surface area contributed by atoms with Crippen LogP contribution >= 0.6 is 0 Å². The number of piperidine rings is 1. The fourth-order valence-electron chi connectivity index (χ4n) is 2.47. The minimum Gasteiger partial charge on any atom is -0.316 e. The molecule has 90 valence electrons. The second-order valence-electron chi connectivity index (χ2n) is 4.68. The van der Waals surface area contributed by atoms with Crippen molar-refractivity contribution in [2.45, 2.75) is 25.7 Å². The maximum absolute atomic E-state index is 4.23. The minimum absolute atomic E-state index is 0.785. The summed E-state index contributed by atoms with van der Waals surface area (Å²) in [6, 6.07) is 1.89. The van der Waals surface area contributed by atoms with Gasteiger partial charge in [-0.05, 0) is 38.3 Å². The van der Waals surface area contributed by atoms with Gasteiger partial charge in [-0.15, -0.1) is 10.2 Å². The van der Waals surface area contributed by atoms with Crippen molar-refractivity contribution in [3.05, 3.63) is 24.4 Å². The SMILES string of the molecule is c1cc2nnc(CCC3CCCNC3)n2cn1. The van der Waals surface area contributed by atoms with Gasteiger partial charge in [0.15, 0.2) is 5.65 Å². The molecule has 1 unspecified atom stereocenters. The van der Waals surface area contributed by atoms with Gasteiger partial charge in [0.05, 0.1) is 0 Å². The van der Waals surface area contributed by atoms with Gasteiger partial charge in [-0.3, -0.25) is 4.40 Å². The predicted molar refractivity (Wildman–Crippen MR) is 64.7 cm³/mol. The van der Waals surface area contributed by atoms with Crippen LogP contribution in [0.25, 0.3) is 5.65 Å². The molecule has 0 spiro atoms. The van der Waals surface area contributed by atoms with E-state index in [1.807, 2.05) is 10.5 Å². The van der Waals surface area contributed by atoms with Crippen LogP contribution in [0, 0.1) is 5.92 Å². The summed E-state index contributed by atoms with van der Waals surface area (Å²) < 4.78 is 1.98. The summed E-state index contributed by atoms with van der Waals surface area (Å²) in [5, 5.41) is 11.8. The first-order valence-corrected chi connectivity index (χ1v) is 6.28. The number of nitrogens with zero attached hydrogens (tertiary/aromatic N) is 4. The third kappa shape index (κ3) is 2.29. The van der Waals surface area contributed by atoms with Crippen molar-refractivity contribution < 1.29 is 0 Å². The van der Waals surface area contributed by atoms with Gasteiger partial charge in [0.1, 0.15) is 12.2 Å². The average molecular weight is 231 g/mol. The molecule has 1 saturated heterocycles. The third-order valence-electron chi connectivity index (χ3n) is 3.46. The Labute approximate surface area is 100 Å². The lowest BCUT2D eigenvalue weighted by Crippen LogP contribution is -2.30. The third-order valence-corrected chi connectivity index (χ3v) is 3.46. The van der Waals surface area contributed by atoms with E-state index in [0.29, 0.717) is 0 Å². The number of hydrogen-bond donors (Lipinski definition) is 1. The smallest absolute Gasteiger partial charge is 0.163 e. The average Bonchev–Trinajstić information content (AvgIpc) is 2.81. The summed E-state index contributed by atoms with van der Waals surface area (Å²) in [7, 11) is 0. The highest BCUT2D eigenvalue weighted by Crippen LogP contribution is 2.16. The summed E-state index contributed by atoms with van der Waals surface area (Å²) in [6.07, 6.45) is 8.35. The van der Waals surface area contributed by atoms with E-state index in [2.05, 4.69) is 20.5 Å². The molecule has 0 saturated carbocycles. The zero-order valence-corrected chi connectivity index (χ0v) is 9.84. The summed E-state index contributed by atoms with van der Waals surface area (Å²) >= 11 is 0. The van der Waals surface area contributed by atoms with Crippen LogP contribution in [0.5, 0.6) is 0 Å². The molecule has 2 aromatic heterocycles. The summed E-state index contributed by atoms with van der Waals surface area (Å²) in [4.78, 5) is 4.11. The first kappa shape index (κ1) is 10.7. The van der Waals surface area contributed by atoms with Crippen LogP contribution in [0.1, 0.15) is 25.1 Å². The highest BCUT2D eigenvalue weighted by molar-refractivity contribution is 5.35. The lowest BCUT2D eigenvalue weighted by molar-refractivity contribution is 0.355. The van der Waals surface area contributed by atoms with Crippen molar-refractivity contribution in [3.63, 3.8) is 0 Å². The van der Waals surface area contributed by atoms with Gasteiger partial charge in [-0.2, -0.15) is 0 Å². The first-order valence-electron chi connectivity index (χ1n) is 6.28. The summed E-state index contributed by atoms with van der Waals surface area (Å²) in [5.41, 5.74) is 0.886. The molecule has 2 aromatic rings. The van der Waals surface area contributed by atoms with Crippen LogP contribution in [0.3, 0.4) is 0 Å². The lowest BCUT2D eigenvalue weighted by Gasteiger charge is -2.22. The van der Waals surface area contributed by atoms with Crippen LogP contribution in [-0.4, -0.2) is 32.7 Å². The molecule has 0 aliphatic carbocycles. The molecule has 1 atom stereocenters. The van der Waals surface area contributed by atoms with Crippen LogP contribution in [0.4, 0.5) is 0 Å². The Morgan fingerprint density at radius 1 is 1.41 bits per heavy atom. The van der Waals surface area contributed by atoms with Crippen molar-refractivity contribution in [3.8, 4) is 0 Å². The highest BCUT2D eigenvalue weighted by atomic mass is 15.3. The van der Waals surface area contributed by atoms with Gasteiger partial charge < -0.3 is 5.32 Å². The monoisotopic (exact) mass is 231 g/mol. The van der Waals surface area contributed by atoms with Crippen LogP contribution in [0.15, 0.2) is 18.6 Å². The van der Waals surface area contributed by atoms with Gasteiger partial charge in [0.2, 0.25) is 0 Å². The second kappa shape index (κ2) is 4.79. The number of aromatic nitrogens is 4. The Morgan fingerprint density at radius 3 is 3.29 bits per heavy atom. The van der Waals surface area contributed by atoms with Crippen molar-refractivity contribution in [1.29, 1.82) is 0 Å². The van der Waals surface area contributed by atoms with Crippen molar-refractivity contribution in [1.82, 2.24) is 24.9 Å².